The summed E-state index contributed by atoms with van der Waals surface area (Å²) >= 11 is 9.55. The van der Waals surface area contributed by atoms with Crippen LogP contribution >= 0.6 is 27.5 Å². The second-order valence-electron chi connectivity index (χ2n) is 6.98. The third-order valence-electron chi connectivity index (χ3n) is 4.46. The van der Waals surface area contributed by atoms with Gasteiger partial charge in [0.2, 0.25) is 0 Å². The normalized spacial score (nSPS) is 15.1. The number of hydrogen-bond donors (Lipinski definition) is 1. The van der Waals surface area contributed by atoms with Crippen LogP contribution in [0.3, 0.4) is 0 Å². The predicted octanol–water partition coefficient (Wildman–Crippen LogP) is 3.94. The van der Waals surface area contributed by atoms with Gasteiger partial charge in [-0.2, -0.15) is 0 Å². The molecular weight excluding hydrogens is 504 g/mol. The largest absolute Gasteiger partial charge is 0.479 e. The van der Waals surface area contributed by atoms with E-state index in [4.69, 9.17) is 16.3 Å². The Balaban J connectivity index is 1.96. The molecule has 0 unspecified atom stereocenters. The van der Waals surface area contributed by atoms with E-state index < -0.39 is 23.8 Å². The summed E-state index contributed by atoms with van der Waals surface area (Å²) in [6.45, 7) is 3.34. The highest BCUT2D eigenvalue weighted by atomic mass is 79.9. The van der Waals surface area contributed by atoms with Crippen molar-refractivity contribution in [3.8, 4) is 5.75 Å². The minimum Gasteiger partial charge on any atom is -0.479 e. The first-order valence-electron chi connectivity index (χ1n) is 9.29. The van der Waals surface area contributed by atoms with E-state index >= 15 is 0 Å². The minimum atomic E-state index is -0.826. The molecule has 1 aliphatic rings. The molecule has 0 aromatic heterocycles. The molecule has 1 fully saturated rings. The Bertz CT molecular complexity index is 1130. The average Bonchev–Trinajstić information content (AvgIpc) is 2.69. The summed E-state index contributed by atoms with van der Waals surface area (Å²) < 4.78 is 10.3. The van der Waals surface area contributed by atoms with Crippen molar-refractivity contribution >= 4 is 63.1 Å². The Hall–Kier alpha value is -3.17. The van der Waals surface area contributed by atoms with E-state index in [1.54, 1.807) is 18.2 Å². The van der Waals surface area contributed by atoms with E-state index in [1.165, 1.54) is 19.3 Å². The van der Waals surface area contributed by atoms with Gasteiger partial charge in [0.1, 0.15) is 5.57 Å². The van der Waals surface area contributed by atoms with Crippen molar-refractivity contribution in [2.24, 2.45) is 0 Å². The predicted molar refractivity (Wildman–Crippen MR) is 122 cm³/mol. The van der Waals surface area contributed by atoms with E-state index in [1.807, 2.05) is 19.9 Å². The van der Waals surface area contributed by atoms with Crippen LogP contribution < -0.4 is 15.0 Å². The molecule has 2 aromatic rings. The highest BCUT2D eigenvalue weighted by Crippen LogP contribution is 2.35. The van der Waals surface area contributed by atoms with Crippen molar-refractivity contribution in [2.45, 2.75) is 13.8 Å². The number of anilines is 1. The van der Waals surface area contributed by atoms with E-state index in [0.29, 0.717) is 15.7 Å². The summed E-state index contributed by atoms with van der Waals surface area (Å²) in [5.41, 5.74) is 2.24. The van der Waals surface area contributed by atoms with E-state index in [0.717, 1.165) is 16.0 Å². The third-order valence-corrected chi connectivity index (χ3v) is 5.33. The van der Waals surface area contributed by atoms with Crippen molar-refractivity contribution in [1.29, 1.82) is 0 Å². The van der Waals surface area contributed by atoms with Gasteiger partial charge in [0.25, 0.3) is 11.8 Å². The highest BCUT2D eigenvalue weighted by Gasteiger charge is 2.37. The van der Waals surface area contributed by atoms with Gasteiger partial charge in [0.15, 0.2) is 12.4 Å². The monoisotopic (exact) mass is 520 g/mol. The second-order valence-corrected chi connectivity index (χ2v) is 8.24. The topological polar surface area (TPSA) is 102 Å². The lowest BCUT2D eigenvalue weighted by Gasteiger charge is -2.27. The number of esters is 1. The Morgan fingerprint density at radius 1 is 1.12 bits per heavy atom. The number of rotatable bonds is 5. The summed E-state index contributed by atoms with van der Waals surface area (Å²) in [5.74, 6) is -1.97. The molecule has 10 heteroatoms. The number of nitrogens with zero attached hydrogens (tertiary/aromatic N) is 1. The van der Waals surface area contributed by atoms with Crippen molar-refractivity contribution in [3.63, 3.8) is 0 Å². The Labute approximate surface area is 197 Å². The first-order chi connectivity index (χ1) is 15.1. The van der Waals surface area contributed by atoms with Crippen LogP contribution in [0.15, 0.2) is 40.4 Å². The smallest absolute Gasteiger partial charge is 0.343 e. The number of imide groups is 2. The number of carbonyl (C=O) groups is 4. The fraction of sp³-hybridized carbons (Fsp3) is 0.182. The molecule has 0 spiro atoms. The number of methoxy groups -OCH3 is 1. The van der Waals surface area contributed by atoms with Crippen LogP contribution in [0.25, 0.3) is 6.08 Å². The number of benzene rings is 2. The number of hydrogen-bond acceptors (Lipinski definition) is 6. The molecule has 1 N–H and O–H groups in total. The Morgan fingerprint density at radius 3 is 2.38 bits per heavy atom. The highest BCUT2D eigenvalue weighted by molar-refractivity contribution is 9.10. The minimum absolute atomic E-state index is 0.140. The summed E-state index contributed by atoms with van der Waals surface area (Å²) in [5, 5.41) is 2.33. The molecular formula is C22H18BrClN2O6. The average molecular weight is 522 g/mol. The Morgan fingerprint density at radius 2 is 1.78 bits per heavy atom. The number of urea groups is 1. The molecule has 1 heterocycles. The molecule has 32 heavy (non-hydrogen) atoms. The molecule has 166 valence electrons. The number of barbiturate groups is 1. The summed E-state index contributed by atoms with van der Waals surface area (Å²) in [6, 6.07) is 7.46. The molecule has 0 saturated carbocycles. The number of ether oxygens (including phenoxy) is 2. The molecule has 0 bridgehead atoms. The zero-order valence-electron chi connectivity index (χ0n) is 17.3. The third kappa shape index (κ3) is 5.00. The summed E-state index contributed by atoms with van der Waals surface area (Å²) in [4.78, 5) is 50.1. The van der Waals surface area contributed by atoms with Gasteiger partial charge >= 0.3 is 12.0 Å². The van der Waals surface area contributed by atoms with Gasteiger partial charge in [0, 0.05) is 0 Å². The molecule has 0 aliphatic carbocycles. The van der Waals surface area contributed by atoms with E-state index in [2.05, 4.69) is 26.0 Å². The van der Waals surface area contributed by atoms with Gasteiger partial charge in [0.05, 0.1) is 22.3 Å². The first-order valence-corrected chi connectivity index (χ1v) is 10.5. The number of nitrogens with one attached hydrogen (secondary N) is 1. The van der Waals surface area contributed by atoms with Crippen LogP contribution in [0.1, 0.15) is 16.7 Å². The van der Waals surface area contributed by atoms with Crippen LogP contribution in [0.4, 0.5) is 10.5 Å². The molecule has 4 amide bonds. The molecule has 3 rings (SSSR count). The van der Waals surface area contributed by atoms with Crippen molar-refractivity contribution < 1.29 is 28.7 Å². The number of halogens is 2. The SMILES string of the molecule is COC(=O)COc1c(Cl)cc(C=C2C(=O)NC(=O)N(c3cc(C)cc(C)c3)C2=O)cc1Br. The standard InChI is InChI=1S/C22H18BrClN2O6/c1-11-4-12(2)6-14(5-11)26-21(29)15(20(28)25-22(26)30)7-13-8-16(23)19(17(24)9-13)32-10-18(27)31-3/h4-9H,10H2,1-3H3,(H,25,28,30). The fourth-order valence-corrected chi connectivity index (χ4v) is 4.12. The van der Waals surface area contributed by atoms with Gasteiger partial charge in [-0.1, -0.05) is 17.7 Å². The maximum atomic E-state index is 13.1. The lowest BCUT2D eigenvalue weighted by atomic mass is 10.1. The van der Waals surface area contributed by atoms with Crippen LogP contribution in [0.2, 0.25) is 5.02 Å². The van der Waals surface area contributed by atoms with Crippen LogP contribution in [-0.4, -0.2) is 37.5 Å². The van der Waals surface area contributed by atoms with Gasteiger partial charge in [-0.15, -0.1) is 0 Å². The van der Waals surface area contributed by atoms with Crippen LogP contribution in [-0.2, 0) is 19.1 Å². The lowest BCUT2D eigenvalue weighted by Crippen LogP contribution is -2.54. The van der Waals surface area contributed by atoms with E-state index in [-0.39, 0.29) is 23.0 Å². The van der Waals surface area contributed by atoms with Crippen molar-refractivity contribution in [3.05, 3.63) is 62.1 Å². The van der Waals surface area contributed by atoms with E-state index in [9.17, 15) is 19.2 Å². The van der Waals surface area contributed by atoms with Crippen molar-refractivity contribution in [1.82, 2.24) is 5.32 Å². The Kier molecular flexibility index (Phi) is 7.00. The van der Waals surface area contributed by atoms with Crippen molar-refractivity contribution in [2.75, 3.05) is 18.6 Å². The molecule has 1 saturated heterocycles. The van der Waals surface area contributed by atoms with Gasteiger partial charge in [-0.3, -0.25) is 14.9 Å². The molecule has 8 nitrogen and oxygen atoms in total. The zero-order chi connectivity index (χ0) is 23.6. The zero-order valence-corrected chi connectivity index (χ0v) is 19.7. The number of aryl methyl sites for hydroxylation is 2. The summed E-state index contributed by atoms with van der Waals surface area (Å²) in [7, 11) is 1.23. The first kappa shape index (κ1) is 23.5. The van der Waals surface area contributed by atoms with Gasteiger partial charge < -0.3 is 9.47 Å². The second kappa shape index (κ2) is 9.54. The quantitative estimate of drug-likeness (QED) is 0.363. The van der Waals surface area contributed by atoms with Crippen LogP contribution in [0.5, 0.6) is 5.75 Å². The maximum Gasteiger partial charge on any atom is 0.343 e. The molecule has 0 radical (unpaired) electrons. The maximum absolute atomic E-state index is 13.1. The number of amides is 4. The lowest BCUT2D eigenvalue weighted by molar-refractivity contribution is -0.143. The molecule has 1 aliphatic heterocycles. The summed E-state index contributed by atoms with van der Waals surface area (Å²) in [6.07, 6.45) is 1.32. The molecule has 0 atom stereocenters. The van der Waals surface area contributed by atoms with Crippen LogP contribution in [0, 0.1) is 13.8 Å². The van der Waals surface area contributed by atoms with Gasteiger partial charge in [-0.25, -0.2) is 14.5 Å². The van der Waals surface area contributed by atoms with Gasteiger partial charge in [-0.05, 0) is 76.8 Å². The fourth-order valence-electron chi connectivity index (χ4n) is 3.13. The number of carbonyl (C=O) groups excluding carboxylic acids is 4. The molecule has 2 aromatic carbocycles.